The van der Waals surface area contributed by atoms with Crippen LogP contribution in [0.15, 0.2) is 69.5 Å². The minimum absolute atomic E-state index is 0.0384. The largest absolute Gasteiger partial charge is 0.486 e. The van der Waals surface area contributed by atoms with E-state index in [1.807, 2.05) is 0 Å². The second-order valence-corrected chi connectivity index (χ2v) is 6.81. The Balaban J connectivity index is 1.35. The molecule has 0 aliphatic heterocycles. The van der Waals surface area contributed by atoms with E-state index in [0.29, 0.717) is 17.1 Å². The Morgan fingerprint density at radius 1 is 1.06 bits per heavy atom. The van der Waals surface area contributed by atoms with E-state index >= 15 is 0 Å². The summed E-state index contributed by atoms with van der Waals surface area (Å²) in [5, 5.41) is 18.5. The van der Waals surface area contributed by atoms with Crippen LogP contribution in [0.1, 0.15) is 35.2 Å². The summed E-state index contributed by atoms with van der Waals surface area (Å²) >= 11 is 0. The lowest BCUT2D eigenvalue weighted by Gasteiger charge is -2.07. The average molecular weight is 453 g/mol. The van der Waals surface area contributed by atoms with Gasteiger partial charge in [-0.15, -0.1) is 10.2 Å². The van der Waals surface area contributed by atoms with Gasteiger partial charge in [0.1, 0.15) is 23.9 Å². The van der Waals surface area contributed by atoms with Crippen LogP contribution >= 0.6 is 0 Å². The molecule has 4 aromatic rings. The van der Waals surface area contributed by atoms with Crippen LogP contribution in [0.5, 0.6) is 5.75 Å². The van der Waals surface area contributed by atoms with Crippen molar-refractivity contribution < 1.29 is 32.4 Å². The first-order valence-corrected chi connectivity index (χ1v) is 9.65. The molecule has 0 amide bonds. The van der Waals surface area contributed by atoms with Crippen molar-refractivity contribution in [3.8, 4) is 17.2 Å². The van der Waals surface area contributed by atoms with Crippen LogP contribution in [0.2, 0.25) is 0 Å². The van der Waals surface area contributed by atoms with Crippen LogP contribution < -0.4 is 4.74 Å². The molecule has 0 N–H and O–H groups in total. The van der Waals surface area contributed by atoms with Crippen molar-refractivity contribution >= 4 is 11.7 Å². The molecular formula is C22H16FN3O7. The highest BCUT2D eigenvalue weighted by atomic mass is 19.1. The van der Waals surface area contributed by atoms with E-state index in [0.717, 1.165) is 0 Å². The summed E-state index contributed by atoms with van der Waals surface area (Å²) in [7, 11) is 0. The SMILES string of the molecule is CC(OC(=O)c1ccc(COc2ccc(F)cc2)o1)c1nnc(-c2ccc([N+](=O)[O-])cc2)o1. The lowest BCUT2D eigenvalue weighted by Crippen LogP contribution is -2.08. The Morgan fingerprint density at radius 2 is 1.79 bits per heavy atom. The van der Waals surface area contributed by atoms with Crippen LogP contribution in [0.25, 0.3) is 11.5 Å². The van der Waals surface area contributed by atoms with Crippen LogP contribution in [-0.4, -0.2) is 21.1 Å². The number of esters is 1. The molecule has 10 nitrogen and oxygen atoms in total. The van der Waals surface area contributed by atoms with Gasteiger partial charge in [-0.3, -0.25) is 10.1 Å². The maximum atomic E-state index is 12.9. The van der Waals surface area contributed by atoms with Crippen molar-refractivity contribution in [1.29, 1.82) is 0 Å². The highest BCUT2D eigenvalue weighted by Gasteiger charge is 2.22. The lowest BCUT2D eigenvalue weighted by atomic mass is 10.2. The highest BCUT2D eigenvalue weighted by Crippen LogP contribution is 2.25. The van der Waals surface area contributed by atoms with E-state index in [-0.39, 0.29) is 35.7 Å². The summed E-state index contributed by atoms with van der Waals surface area (Å²) in [5.74, 6) is -0.173. The number of nitro groups is 1. The molecule has 0 saturated heterocycles. The number of carbonyl (C=O) groups excluding carboxylic acids is 1. The van der Waals surface area contributed by atoms with Crippen molar-refractivity contribution in [2.45, 2.75) is 19.6 Å². The number of ether oxygens (including phenoxy) is 2. The second kappa shape index (κ2) is 9.30. The van der Waals surface area contributed by atoms with E-state index in [4.69, 9.17) is 18.3 Å². The Bertz CT molecular complexity index is 1270. The van der Waals surface area contributed by atoms with Gasteiger partial charge in [-0.1, -0.05) is 0 Å². The molecule has 33 heavy (non-hydrogen) atoms. The number of aromatic nitrogens is 2. The fraction of sp³-hybridized carbons (Fsp3) is 0.136. The molecule has 0 aliphatic carbocycles. The number of benzene rings is 2. The number of halogens is 1. The molecule has 2 aromatic carbocycles. The van der Waals surface area contributed by atoms with Crippen molar-refractivity contribution in [1.82, 2.24) is 10.2 Å². The fourth-order valence-electron chi connectivity index (χ4n) is 2.76. The molecule has 0 spiro atoms. The smallest absolute Gasteiger partial charge is 0.375 e. The Morgan fingerprint density at radius 3 is 2.48 bits per heavy atom. The van der Waals surface area contributed by atoms with Gasteiger partial charge in [-0.25, -0.2) is 9.18 Å². The van der Waals surface area contributed by atoms with Gasteiger partial charge >= 0.3 is 5.97 Å². The summed E-state index contributed by atoms with van der Waals surface area (Å²) in [5.41, 5.74) is 0.413. The van der Waals surface area contributed by atoms with Gasteiger partial charge in [0, 0.05) is 17.7 Å². The molecule has 4 rings (SSSR count). The predicted molar refractivity (Wildman–Crippen MR) is 110 cm³/mol. The van der Waals surface area contributed by atoms with Crippen molar-refractivity contribution in [2.75, 3.05) is 0 Å². The Hall–Kier alpha value is -4.54. The fourth-order valence-corrected chi connectivity index (χ4v) is 2.76. The summed E-state index contributed by atoms with van der Waals surface area (Å²) in [6.07, 6.45) is -0.874. The molecule has 0 bridgehead atoms. The van der Waals surface area contributed by atoms with Crippen LogP contribution in [-0.2, 0) is 11.3 Å². The molecular weight excluding hydrogens is 437 g/mol. The standard InChI is InChI=1S/C22H16FN3O7/c1-13(20-24-25-21(33-20)14-2-6-16(7-3-14)26(28)29)31-22(27)19-11-10-18(32-19)12-30-17-8-4-15(23)5-9-17/h2-11,13H,12H2,1H3. The number of hydrogen-bond donors (Lipinski definition) is 0. The molecule has 2 heterocycles. The third-order valence-corrected chi connectivity index (χ3v) is 4.45. The Labute approximate surface area is 185 Å². The number of non-ortho nitro benzene ring substituents is 1. The second-order valence-electron chi connectivity index (χ2n) is 6.81. The van der Waals surface area contributed by atoms with E-state index in [1.54, 1.807) is 13.0 Å². The van der Waals surface area contributed by atoms with Gasteiger partial charge in [-0.05, 0) is 55.5 Å². The van der Waals surface area contributed by atoms with Gasteiger partial charge in [0.15, 0.2) is 6.10 Å². The maximum absolute atomic E-state index is 12.9. The third-order valence-electron chi connectivity index (χ3n) is 4.45. The first kappa shape index (κ1) is 21.7. The monoisotopic (exact) mass is 453 g/mol. The summed E-state index contributed by atoms with van der Waals surface area (Å²) in [4.78, 5) is 22.6. The molecule has 0 radical (unpaired) electrons. The summed E-state index contributed by atoms with van der Waals surface area (Å²) < 4.78 is 34.7. The lowest BCUT2D eigenvalue weighted by molar-refractivity contribution is -0.384. The topological polar surface area (TPSA) is 131 Å². The van der Waals surface area contributed by atoms with E-state index < -0.39 is 17.0 Å². The predicted octanol–water partition coefficient (Wildman–Crippen LogP) is 4.87. The zero-order valence-corrected chi connectivity index (χ0v) is 17.1. The highest BCUT2D eigenvalue weighted by molar-refractivity contribution is 5.86. The minimum atomic E-state index is -0.874. The van der Waals surface area contributed by atoms with Gasteiger partial charge in [0.25, 0.3) is 11.6 Å². The van der Waals surface area contributed by atoms with Crippen LogP contribution in [0.4, 0.5) is 10.1 Å². The molecule has 1 unspecified atom stereocenters. The zero-order chi connectivity index (χ0) is 23.4. The van der Waals surface area contributed by atoms with E-state index in [2.05, 4.69) is 10.2 Å². The molecule has 0 aliphatic rings. The summed E-state index contributed by atoms with van der Waals surface area (Å²) in [6, 6.07) is 14.1. The Kier molecular flexibility index (Phi) is 6.11. The molecule has 0 fully saturated rings. The van der Waals surface area contributed by atoms with Crippen molar-refractivity contribution in [2.24, 2.45) is 0 Å². The molecule has 11 heteroatoms. The quantitative estimate of drug-likeness (QED) is 0.208. The van der Waals surface area contributed by atoms with E-state index in [1.165, 1.54) is 54.6 Å². The minimum Gasteiger partial charge on any atom is -0.486 e. The van der Waals surface area contributed by atoms with Gasteiger partial charge in [0.2, 0.25) is 11.7 Å². The van der Waals surface area contributed by atoms with Gasteiger partial charge in [0.05, 0.1) is 4.92 Å². The van der Waals surface area contributed by atoms with Gasteiger partial charge in [-0.2, -0.15) is 0 Å². The van der Waals surface area contributed by atoms with Gasteiger partial charge < -0.3 is 18.3 Å². The van der Waals surface area contributed by atoms with Crippen LogP contribution in [0, 0.1) is 15.9 Å². The number of carbonyl (C=O) groups is 1. The first-order valence-electron chi connectivity index (χ1n) is 9.65. The number of nitrogens with zero attached hydrogens (tertiary/aromatic N) is 3. The van der Waals surface area contributed by atoms with E-state index in [9.17, 15) is 19.3 Å². The van der Waals surface area contributed by atoms with Crippen molar-refractivity contribution in [3.63, 3.8) is 0 Å². The maximum Gasteiger partial charge on any atom is 0.375 e. The molecule has 2 aromatic heterocycles. The number of furan rings is 1. The van der Waals surface area contributed by atoms with Crippen molar-refractivity contribution in [3.05, 3.63) is 94.0 Å². The average Bonchev–Trinajstić information content (AvgIpc) is 3.49. The molecule has 168 valence electrons. The number of rotatable bonds is 8. The third kappa shape index (κ3) is 5.21. The number of nitro benzene ring substituents is 1. The van der Waals surface area contributed by atoms with Crippen LogP contribution in [0.3, 0.4) is 0 Å². The normalized spacial score (nSPS) is 11.7. The summed E-state index contributed by atoms with van der Waals surface area (Å²) in [6.45, 7) is 1.59. The molecule has 0 saturated carbocycles. The number of hydrogen-bond acceptors (Lipinski definition) is 9. The molecule has 1 atom stereocenters. The first-order chi connectivity index (χ1) is 15.9. The zero-order valence-electron chi connectivity index (χ0n) is 17.1.